The fourth-order valence-corrected chi connectivity index (χ4v) is 13.0. The number of nitrogens with one attached hydrogen (secondary N) is 1. The zero-order valence-electron chi connectivity index (χ0n) is 40.9. The van der Waals surface area contributed by atoms with Crippen molar-refractivity contribution in [3.05, 3.63) is 82.9 Å². The van der Waals surface area contributed by atoms with Gasteiger partial charge in [0.15, 0.2) is 17.5 Å². The third-order valence-electron chi connectivity index (χ3n) is 14.1. The highest BCUT2D eigenvalue weighted by Crippen LogP contribution is 2.74. The molecule has 2 N–H and O–H groups in total. The van der Waals surface area contributed by atoms with Crippen LogP contribution in [0.4, 0.5) is 9.59 Å². The molecule has 1 aliphatic heterocycles. The molecule has 4 aliphatic carbocycles. The van der Waals surface area contributed by atoms with E-state index >= 15 is 9.59 Å². The molecule has 7 rings (SSSR count). The highest BCUT2D eigenvalue weighted by atomic mass is 33.1. The molecule has 0 radical (unpaired) electrons. The van der Waals surface area contributed by atoms with Crippen LogP contribution in [0, 0.1) is 22.7 Å². The quantitative estimate of drug-likeness (QED) is 0.0548. The Morgan fingerprint density at radius 1 is 0.900 bits per heavy atom. The maximum atomic E-state index is 15.7. The number of carbonyl (C=O) groups is 7. The van der Waals surface area contributed by atoms with Crippen LogP contribution in [0.25, 0.3) is 0 Å². The Balaban J connectivity index is 1.36. The summed E-state index contributed by atoms with van der Waals surface area (Å²) in [5.74, 6) is -4.54. The number of ketones is 1. The van der Waals surface area contributed by atoms with Crippen LogP contribution < -0.4 is 5.32 Å². The second kappa shape index (κ2) is 20.5. The lowest BCUT2D eigenvalue weighted by Crippen LogP contribution is -2.78. The third-order valence-corrected chi connectivity index (χ3v) is 16.7. The molecule has 0 aromatic heterocycles. The molecule has 1 heterocycles. The van der Waals surface area contributed by atoms with Gasteiger partial charge in [-0.3, -0.25) is 14.4 Å². The average Bonchev–Trinajstić information content (AvgIpc) is 4.02. The largest absolute Gasteiger partial charge is 0.509 e. The van der Waals surface area contributed by atoms with Crippen molar-refractivity contribution < 1.29 is 76.6 Å². The minimum atomic E-state index is -2.32. The van der Waals surface area contributed by atoms with Crippen LogP contribution >= 0.6 is 21.6 Å². The van der Waals surface area contributed by atoms with Crippen molar-refractivity contribution in [1.29, 1.82) is 0 Å². The SMILES string of the molecule is CCCSSCCOC(=O)O[C@@H](C(=O)OC1C[C@@]2(O)[C@@H](OC(=O)c3ccccc3)[C@@H]3[C@]4(OC(C)=O)CO[C@@H]4C[C@@H]4C[C@@]43C(=O)[C@H](OC(C)=O)C(=C1C)C2(C)C)[C@@H](NC(=O)OC(C)(C)C)c1ccccc1. The average molecular weight is 1010 g/mol. The number of benzene rings is 2. The lowest BCUT2D eigenvalue weighted by atomic mass is 9.48. The van der Waals surface area contributed by atoms with Crippen molar-refractivity contribution in [3.8, 4) is 0 Å². The van der Waals surface area contributed by atoms with Gasteiger partial charge in [0, 0.05) is 42.6 Å². The van der Waals surface area contributed by atoms with Crippen molar-refractivity contribution in [2.75, 3.05) is 24.7 Å². The van der Waals surface area contributed by atoms with Crippen LogP contribution in [0.1, 0.15) is 110 Å². The second-order valence-corrected chi connectivity index (χ2v) is 22.8. The molecule has 19 heteroatoms. The van der Waals surface area contributed by atoms with Gasteiger partial charge in [-0.1, -0.05) is 90.9 Å². The van der Waals surface area contributed by atoms with E-state index in [4.69, 9.17) is 37.9 Å². The molecule has 1 unspecified atom stereocenters. The molecule has 11 atom stereocenters. The summed E-state index contributed by atoms with van der Waals surface area (Å²) in [5.41, 5.74) is -7.23. The zero-order chi connectivity index (χ0) is 51.0. The molecule has 380 valence electrons. The predicted octanol–water partition coefficient (Wildman–Crippen LogP) is 7.42. The van der Waals surface area contributed by atoms with Gasteiger partial charge >= 0.3 is 36.1 Å². The summed E-state index contributed by atoms with van der Waals surface area (Å²) in [4.78, 5) is 98.6. The van der Waals surface area contributed by atoms with Gasteiger partial charge < -0.3 is 48.3 Å². The maximum Gasteiger partial charge on any atom is 0.509 e. The molecule has 1 spiro atoms. The van der Waals surface area contributed by atoms with Gasteiger partial charge in [-0.25, -0.2) is 19.2 Å². The minimum absolute atomic E-state index is 0.0771. The van der Waals surface area contributed by atoms with E-state index in [1.165, 1.54) is 29.9 Å². The summed E-state index contributed by atoms with van der Waals surface area (Å²) in [5, 5.41) is 16.6. The Morgan fingerprint density at radius 2 is 1.56 bits per heavy atom. The van der Waals surface area contributed by atoms with E-state index in [1.807, 2.05) is 6.92 Å². The predicted molar refractivity (Wildman–Crippen MR) is 255 cm³/mol. The fraction of sp³-hybridized carbons (Fsp3) is 0.588. The smallest absolute Gasteiger partial charge is 0.455 e. The molecule has 2 bridgehead atoms. The fourth-order valence-electron chi connectivity index (χ4n) is 11.0. The molecule has 5 aliphatic rings. The number of Topliss-reactive ketones (excluding diaryl/α,β-unsaturated/α-hetero) is 1. The maximum absolute atomic E-state index is 15.7. The lowest BCUT2D eigenvalue weighted by Gasteiger charge is -2.64. The molecule has 70 heavy (non-hydrogen) atoms. The van der Waals surface area contributed by atoms with E-state index < -0.39 is 124 Å². The first-order valence-corrected chi connectivity index (χ1v) is 26.0. The molecule has 2 aromatic rings. The summed E-state index contributed by atoms with van der Waals surface area (Å²) in [6.07, 6.45) is -8.81. The van der Waals surface area contributed by atoms with Crippen molar-refractivity contribution in [1.82, 2.24) is 5.32 Å². The Labute approximate surface area is 415 Å². The van der Waals surface area contributed by atoms with Crippen LogP contribution in [0.3, 0.4) is 0 Å². The van der Waals surface area contributed by atoms with Gasteiger partial charge in [0.2, 0.25) is 6.10 Å². The van der Waals surface area contributed by atoms with E-state index in [9.17, 15) is 29.1 Å². The highest BCUT2D eigenvalue weighted by Gasteiger charge is 2.84. The summed E-state index contributed by atoms with van der Waals surface area (Å²) in [6.45, 7) is 13.9. The van der Waals surface area contributed by atoms with Gasteiger partial charge in [0.1, 0.15) is 42.2 Å². The molecular weight excluding hydrogens is 947 g/mol. The van der Waals surface area contributed by atoms with Gasteiger partial charge in [-0.05, 0) is 81.7 Å². The Morgan fingerprint density at radius 3 is 2.16 bits per heavy atom. The zero-order valence-corrected chi connectivity index (χ0v) is 42.6. The standard InChI is InChI=1S/C51H63NO16S2/c1-10-22-69-70-23-21-61-46(59)65-39(37(31-17-13-11-14-18-31)52-45(58)68-47(5,6)7)44(57)64-34-26-51(60)42(66-43(56)32-19-15-12-16-20-32)40-49(25-33(49)24-35-50(40,27-62-35)67-30(4)54)41(55)38(63-29(3)53)36(28(34)2)48(51,8)9/h11-20,33-35,37-40,42,60H,10,21-27H2,1-9H3,(H,52,58)/t33-,34?,35-,37+,38-,39-,40+,42+,49-,50+,51-/m1/s1. The van der Waals surface area contributed by atoms with Gasteiger partial charge in [-0.2, -0.15) is 0 Å². The molecule has 1 amide bonds. The van der Waals surface area contributed by atoms with Crippen LogP contribution in [0.5, 0.6) is 0 Å². The Kier molecular flexibility index (Phi) is 15.5. The van der Waals surface area contributed by atoms with E-state index in [0.717, 1.165) is 19.1 Å². The van der Waals surface area contributed by atoms with Gasteiger partial charge in [0.05, 0.1) is 18.1 Å². The highest BCUT2D eigenvalue weighted by molar-refractivity contribution is 8.76. The molecule has 4 fully saturated rings. The number of carbonyl (C=O) groups excluding carboxylic acids is 7. The number of amides is 1. The molecule has 1 saturated heterocycles. The topological polar surface area (TPSA) is 226 Å². The number of ether oxygens (including phenoxy) is 8. The number of alkyl carbamates (subject to hydrolysis) is 1. The van der Waals surface area contributed by atoms with E-state index in [2.05, 4.69) is 5.32 Å². The summed E-state index contributed by atoms with van der Waals surface area (Å²) in [7, 11) is 3.09. The normalized spacial score (nSPS) is 30.1. The number of hydrogen-bond acceptors (Lipinski definition) is 18. The van der Waals surface area contributed by atoms with Crippen molar-refractivity contribution in [3.63, 3.8) is 0 Å². The van der Waals surface area contributed by atoms with E-state index in [0.29, 0.717) is 17.7 Å². The Hall–Kier alpha value is -5.11. The van der Waals surface area contributed by atoms with Crippen molar-refractivity contribution >= 4 is 63.5 Å². The number of fused-ring (bicyclic) bond motifs is 4. The van der Waals surface area contributed by atoms with Crippen molar-refractivity contribution in [2.24, 2.45) is 22.7 Å². The number of esters is 4. The molecule has 3 saturated carbocycles. The van der Waals surface area contributed by atoms with E-state index in [-0.39, 0.29) is 36.3 Å². The molecular formula is C51H63NO16S2. The van der Waals surface area contributed by atoms with Gasteiger partial charge in [-0.15, -0.1) is 0 Å². The minimum Gasteiger partial charge on any atom is -0.455 e. The monoisotopic (exact) mass is 1010 g/mol. The lowest BCUT2D eigenvalue weighted by molar-refractivity contribution is -0.323. The van der Waals surface area contributed by atoms with Crippen LogP contribution in [-0.2, 0) is 57.1 Å². The first-order chi connectivity index (χ1) is 33.0. The number of rotatable bonds is 16. The molecule has 17 nitrogen and oxygen atoms in total. The number of aliphatic hydroxyl groups is 1. The second-order valence-electron chi connectivity index (χ2n) is 20.1. The van der Waals surface area contributed by atoms with E-state index in [1.54, 1.807) is 101 Å². The Bertz CT molecular complexity index is 2370. The van der Waals surface area contributed by atoms with Crippen LogP contribution in [0.15, 0.2) is 71.8 Å². The first kappa shape index (κ1) is 52.7. The molecule has 2 aromatic carbocycles. The summed E-state index contributed by atoms with van der Waals surface area (Å²) in [6, 6.07) is 14.8. The third kappa shape index (κ3) is 10.2. The summed E-state index contributed by atoms with van der Waals surface area (Å²) >= 11 is 0. The van der Waals surface area contributed by atoms with Crippen LogP contribution in [-0.4, -0.2) is 119 Å². The van der Waals surface area contributed by atoms with Crippen LogP contribution in [0.2, 0.25) is 0 Å². The number of hydrogen-bond donors (Lipinski definition) is 2. The summed E-state index contributed by atoms with van der Waals surface area (Å²) < 4.78 is 48.0. The first-order valence-electron chi connectivity index (χ1n) is 23.6. The van der Waals surface area contributed by atoms with Gasteiger partial charge in [0.25, 0.3) is 0 Å². The van der Waals surface area contributed by atoms with Crippen molar-refractivity contribution in [2.45, 2.75) is 141 Å².